The van der Waals surface area contributed by atoms with Crippen LogP contribution in [-0.4, -0.2) is 10.9 Å². The van der Waals surface area contributed by atoms with Crippen molar-refractivity contribution in [3.05, 3.63) is 59.4 Å². The third-order valence-corrected chi connectivity index (χ3v) is 3.44. The fraction of sp³-hybridized carbons (Fsp3) is 0.250. The molecule has 0 saturated carbocycles. The Labute approximate surface area is 122 Å². The standard InChI is InChI=1S/C16H16F2N2O/c1-3-10(2)11-4-6-12(7-5-11)20-16(21)13-8-9-19-15(18)14(13)17/h4-10H,3H2,1-2H3,(H,20,21). The maximum absolute atomic E-state index is 13.5. The summed E-state index contributed by atoms with van der Waals surface area (Å²) >= 11 is 0. The van der Waals surface area contributed by atoms with Gasteiger partial charge in [-0.15, -0.1) is 0 Å². The molecule has 5 heteroatoms. The number of pyridine rings is 1. The summed E-state index contributed by atoms with van der Waals surface area (Å²) in [5.41, 5.74) is 1.33. The van der Waals surface area contributed by atoms with Crippen molar-refractivity contribution in [2.75, 3.05) is 5.32 Å². The molecule has 0 fully saturated rings. The van der Waals surface area contributed by atoms with Gasteiger partial charge in [-0.25, -0.2) is 9.37 Å². The van der Waals surface area contributed by atoms with E-state index >= 15 is 0 Å². The monoisotopic (exact) mass is 290 g/mol. The highest BCUT2D eigenvalue weighted by Crippen LogP contribution is 2.21. The average molecular weight is 290 g/mol. The van der Waals surface area contributed by atoms with Crippen molar-refractivity contribution in [2.45, 2.75) is 26.2 Å². The minimum Gasteiger partial charge on any atom is -0.322 e. The zero-order valence-electron chi connectivity index (χ0n) is 11.9. The normalized spacial score (nSPS) is 12.0. The van der Waals surface area contributed by atoms with Crippen LogP contribution in [0.25, 0.3) is 0 Å². The molecule has 1 aromatic heterocycles. The highest BCUT2D eigenvalue weighted by atomic mass is 19.2. The third-order valence-electron chi connectivity index (χ3n) is 3.44. The molecule has 2 aromatic rings. The number of rotatable bonds is 4. The number of halogens is 2. The van der Waals surface area contributed by atoms with E-state index in [2.05, 4.69) is 24.1 Å². The van der Waals surface area contributed by atoms with E-state index in [4.69, 9.17) is 0 Å². The first-order valence-corrected chi connectivity index (χ1v) is 6.74. The zero-order chi connectivity index (χ0) is 15.4. The van der Waals surface area contributed by atoms with E-state index in [1.165, 1.54) is 0 Å². The summed E-state index contributed by atoms with van der Waals surface area (Å²) in [7, 11) is 0. The number of benzene rings is 1. The molecule has 1 aromatic carbocycles. The number of anilines is 1. The maximum atomic E-state index is 13.5. The molecule has 1 atom stereocenters. The molecule has 2 rings (SSSR count). The summed E-state index contributed by atoms with van der Waals surface area (Å²) in [6.45, 7) is 4.21. The molecule has 1 N–H and O–H groups in total. The molecule has 110 valence electrons. The van der Waals surface area contributed by atoms with Crippen LogP contribution in [0.15, 0.2) is 36.5 Å². The summed E-state index contributed by atoms with van der Waals surface area (Å²) in [5, 5.41) is 2.54. The molecule has 1 amide bonds. The van der Waals surface area contributed by atoms with Gasteiger partial charge in [0.25, 0.3) is 5.91 Å². The topological polar surface area (TPSA) is 42.0 Å². The second kappa shape index (κ2) is 6.43. The minimum absolute atomic E-state index is 0.367. The van der Waals surface area contributed by atoms with Crippen molar-refractivity contribution in [2.24, 2.45) is 0 Å². The lowest BCUT2D eigenvalue weighted by atomic mass is 9.98. The summed E-state index contributed by atoms with van der Waals surface area (Å²) < 4.78 is 26.5. The van der Waals surface area contributed by atoms with Gasteiger partial charge in [-0.3, -0.25) is 4.79 Å². The molecule has 1 unspecified atom stereocenters. The third kappa shape index (κ3) is 3.42. The lowest BCUT2D eigenvalue weighted by Crippen LogP contribution is -2.15. The first-order chi connectivity index (χ1) is 10.0. The average Bonchev–Trinajstić information content (AvgIpc) is 2.50. The molecule has 0 radical (unpaired) electrons. The Morgan fingerprint density at radius 2 is 1.90 bits per heavy atom. The van der Waals surface area contributed by atoms with Crippen molar-refractivity contribution in [1.29, 1.82) is 0 Å². The SMILES string of the molecule is CCC(C)c1ccc(NC(=O)c2ccnc(F)c2F)cc1. The summed E-state index contributed by atoms with van der Waals surface area (Å²) in [6, 6.07) is 8.45. The van der Waals surface area contributed by atoms with Crippen molar-refractivity contribution in [3.63, 3.8) is 0 Å². The quantitative estimate of drug-likeness (QED) is 0.860. The van der Waals surface area contributed by atoms with Crippen LogP contribution in [0, 0.1) is 11.8 Å². The van der Waals surface area contributed by atoms with Gasteiger partial charge >= 0.3 is 0 Å². The Kier molecular flexibility index (Phi) is 4.62. The van der Waals surface area contributed by atoms with E-state index in [-0.39, 0.29) is 5.56 Å². The lowest BCUT2D eigenvalue weighted by Gasteiger charge is -2.10. The van der Waals surface area contributed by atoms with Crippen molar-refractivity contribution >= 4 is 11.6 Å². The van der Waals surface area contributed by atoms with Crippen LogP contribution < -0.4 is 5.32 Å². The molecule has 21 heavy (non-hydrogen) atoms. The van der Waals surface area contributed by atoms with Gasteiger partial charge < -0.3 is 5.32 Å². The van der Waals surface area contributed by atoms with Gasteiger partial charge in [-0.05, 0) is 36.1 Å². The molecule has 0 aliphatic heterocycles. The number of amides is 1. The molecule has 3 nitrogen and oxygen atoms in total. The molecular formula is C16H16F2N2O. The Bertz CT molecular complexity index is 641. The predicted octanol–water partition coefficient (Wildman–Crippen LogP) is 4.13. The molecule has 0 saturated heterocycles. The number of nitrogens with zero attached hydrogens (tertiary/aromatic N) is 1. The van der Waals surface area contributed by atoms with Crippen molar-refractivity contribution in [3.8, 4) is 0 Å². The predicted molar refractivity (Wildman–Crippen MR) is 77.3 cm³/mol. The number of hydrogen-bond acceptors (Lipinski definition) is 2. The molecular weight excluding hydrogens is 274 g/mol. The Morgan fingerprint density at radius 3 is 2.52 bits per heavy atom. The fourth-order valence-electron chi connectivity index (χ4n) is 1.92. The van der Waals surface area contributed by atoms with Crippen LogP contribution in [0.5, 0.6) is 0 Å². The summed E-state index contributed by atoms with van der Waals surface area (Å²) in [6.07, 6.45) is 2.08. The van der Waals surface area contributed by atoms with Gasteiger partial charge in [0.2, 0.25) is 5.95 Å². The Morgan fingerprint density at radius 1 is 1.24 bits per heavy atom. The van der Waals surface area contributed by atoms with Crippen molar-refractivity contribution < 1.29 is 13.6 Å². The fourth-order valence-corrected chi connectivity index (χ4v) is 1.92. The van der Waals surface area contributed by atoms with Crippen LogP contribution in [0.4, 0.5) is 14.5 Å². The molecule has 1 heterocycles. The van der Waals surface area contributed by atoms with Gasteiger partial charge in [0.1, 0.15) is 0 Å². The number of aromatic nitrogens is 1. The number of hydrogen-bond donors (Lipinski definition) is 1. The molecule has 0 aliphatic rings. The first-order valence-electron chi connectivity index (χ1n) is 6.74. The van der Waals surface area contributed by atoms with Crippen molar-refractivity contribution in [1.82, 2.24) is 4.98 Å². The van der Waals surface area contributed by atoms with Crippen LogP contribution in [-0.2, 0) is 0 Å². The maximum Gasteiger partial charge on any atom is 0.258 e. The smallest absolute Gasteiger partial charge is 0.258 e. The molecule has 0 bridgehead atoms. The Balaban J connectivity index is 2.14. The minimum atomic E-state index is -1.28. The second-order valence-corrected chi connectivity index (χ2v) is 4.85. The van der Waals surface area contributed by atoms with E-state index in [1.807, 2.05) is 12.1 Å². The first kappa shape index (κ1) is 15.1. The van der Waals surface area contributed by atoms with Gasteiger partial charge in [-0.2, -0.15) is 4.39 Å². The highest BCUT2D eigenvalue weighted by Gasteiger charge is 2.16. The summed E-state index contributed by atoms with van der Waals surface area (Å²) in [5.74, 6) is -2.80. The summed E-state index contributed by atoms with van der Waals surface area (Å²) in [4.78, 5) is 15.1. The van der Waals surface area contributed by atoms with Crippen LogP contribution in [0.1, 0.15) is 42.1 Å². The van der Waals surface area contributed by atoms with E-state index < -0.39 is 17.7 Å². The van der Waals surface area contributed by atoms with Gasteiger partial charge in [-0.1, -0.05) is 26.0 Å². The molecule has 0 spiro atoms. The number of carbonyl (C=O) groups is 1. The van der Waals surface area contributed by atoms with Gasteiger partial charge in [0.15, 0.2) is 5.82 Å². The van der Waals surface area contributed by atoms with Crippen LogP contribution in [0.2, 0.25) is 0 Å². The second-order valence-electron chi connectivity index (χ2n) is 4.85. The largest absolute Gasteiger partial charge is 0.322 e. The van der Waals surface area contributed by atoms with E-state index in [0.29, 0.717) is 11.6 Å². The lowest BCUT2D eigenvalue weighted by molar-refractivity contribution is 0.102. The van der Waals surface area contributed by atoms with E-state index in [0.717, 1.165) is 24.2 Å². The van der Waals surface area contributed by atoms with E-state index in [1.54, 1.807) is 12.1 Å². The van der Waals surface area contributed by atoms with Gasteiger partial charge in [0.05, 0.1) is 5.56 Å². The number of nitrogens with one attached hydrogen (secondary N) is 1. The Hall–Kier alpha value is -2.30. The zero-order valence-corrected chi connectivity index (χ0v) is 11.9. The highest BCUT2D eigenvalue weighted by molar-refractivity contribution is 6.04. The van der Waals surface area contributed by atoms with Gasteiger partial charge in [0, 0.05) is 11.9 Å². The van der Waals surface area contributed by atoms with E-state index in [9.17, 15) is 13.6 Å². The van der Waals surface area contributed by atoms with Crippen LogP contribution >= 0.6 is 0 Å². The van der Waals surface area contributed by atoms with Crippen LogP contribution in [0.3, 0.4) is 0 Å². The number of carbonyl (C=O) groups excluding carboxylic acids is 1. The molecule has 0 aliphatic carbocycles.